The van der Waals surface area contributed by atoms with Crippen molar-refractivity contribution in [1.29, 1.82) is 0 Å². The van der Waals surface area contributed by atoms with Gasteiger partial charge < -0.3 is 10.5 Å². The number of aromatic nitrogens is 1. The average Bonchev–Trinajstić information content (AvgIpc) is 2.81. The average molecular weight is 252 g/mol. The number of rotatable bonds is 4. The van der Waals surface area contributed by atoms with E-state index >= 15 is 0 Å². The lowest BCUT2D eigenvalue weighted by molar-refractivity contribution is 0.386. The molecule has 5 heteroatoms. The van der Waals surface area contributed by atoms with Crippen LogP contribution in [-0.2, 0) is 6.42 Å². The SMILES string of the molecule is COc1ccc(C(N)Cc2cncs2)cc1F. The lowest BCUT2D eigenvalue weighted by Crippen LogP contribution is -2.13. The highest BCUT2D eigenvalue weighted by Crippen LogP contribution is 2.23. The third kappa shape index (κ3) is 2.81. The van der Waals surface area contributed by atoms with Crippen molar-refractivity contribution in [3.8, 4) is 5.75 Å². The second-order valence-electron chi connectivity index (χ2n) is 3.67. The topological polar surface area (TPSA) is 48.1 Å². The van der Waals surface area contributed by atoms with Crippen molar-refractivity contribution in [3.63, 3.8) is 0 Å². The molecule has 2 rings (SSSR count). The fourth-order valence-corrected chi connectivity index (χ4v) is 2.25. The minimum atomic E-state index is -0.384. The Morgan fingerprint density at radius 3 is 2.94 bits per heavy atom. The Labute approximate surface area is 103 Å². The minimum absolute atomic E-state index is 0.226. The van der Waals surface area contributed by atoms with Gasteiger partial charge >= 0.3 is 0 Å². The van der Waals surface area contributed by atoms with Crippen LogP contribution < -0.4 is 10.5 Å². The molecule has 1 aromatic carbocycles. The monoisotopic (exact) mass is 252 g/mol. The Kier molecular flexibility index (Phi) is 3.71. The number of benzene rings is 1. The van der Waals surface area contributed by atoms with Crippen molar-refractivity contribution in [1.82, 2.24) is 4.98 Å². The molecule has 17 heavy (non-hydrogen) atoms. The van der Waals surface area contributed by atoms with E-state index in [1.807, 2.05) is 0 Å². The predicted molar refractivity (Wildman–Crippen MR) is 65.7 cm³/mol. The summed E-state index contributed by atoms with van der Waals surface area (Å²) in [7, 11) is 1.44. The molecule has 0 amide bonds. The lowest BCUT2D eigenvalue weighted by atomic mass is 10.0. The van der Waals surface area contributed by atoms with Crippen LogP contribution in [0.3, 0.4) is 0 Å². The van der Waals surface area contributed by atoms with E-state index in [9.17, 15) is 4.39 Å². The van der Waals surface area contributed by atoms with Gasteiger partial charge in [-0.3, -0.25) is 4.98 Å². The first kappa shape index (κ1) is 12.0. The molecule has 2 aromatic rings. The highest BCUT2D eigenvalue weighted by molar-refractivity contribution is 7.09. The second-order valence-corrected chi connectivity index (χ2v) is 4.64. The summed E-state index contributed by atoms with van der Waals surface area (Å²) >= 11 is 1.55. The fourth-order valence-electron chi connectivity index (χ4n) is 1.59. The summed E-state index contributed by atoms with van der Waals surface area (Å²) in [5.41, 5.74) is 8.54. The van der Waals surface area contributed by atoms with E-state index in [1.54, 1.807) is 35.2 Å². The molecule has 0 bridgehead atoms. The highest BCUT2D eigenvalue weighted by Gasteiger charge is 2.11. The van der Waals surface area contributed by atoms with Gasteiger partial charge in [0.15, 0.2) is 11.6 Å². The molecule has 1 aromatic heterocycles. The Morgan fingerprint density at radius 1 is 1.53 bits per heavy atom. The molecular weight excluding hydrogens is 239 g/mol. The van der Waals surface area contributed by atoms with Crippen LogP contribution >= 0.6 is 11.3 Å². The van der Waals surface area contributed by atoms with E-state index in [-0.39, 0.29) is 17.6 Å². The first-order valence-corrected chi connectivity index (χ1v) is 6.05. The van der Waals surface area contributed by atoms with Gasteiger partial charge in [-0.05, 0) is 17.7 Å². The molecule has 0 saturated heterocycles. The van der Waals surface area contributed by atoms with Crippen molar-refractivity contribution in [3.05, 3.63) is 46.2 Å². The van der Waals surface area contributed by atoms with E-state index in [0.717, 1.165) is 10.4 Å². The maximum absolute atomic E-state index is 13.5. The Morgan fingerprint density at radius 2 is 2.35 bits per heavy atom. The summed E-state index contributed by atoms with van der Waals surface area (Å²) in [5.74, 6) is -0.150. The first-order valence-electron chi connectivity index (χ1n) is 5.17. The minimum Gasteiger partial charge on any atom is -0.494 e. The standard InChI is InChI=1S/C12H13FN2OS/c1-16-12-3-2-8(4-10(12)13)11(14)5-9-6-15-7-17-9/h2-4,6-7,11H,5,14H2,1H3. The maximum atomic E-state index is 13.5. The summed E-state index contributed by atoms with van der Waals surface area (Å²) in [4.78, 5) is 5.07. The van der Waals surface area contributed by atoms with Crippen LogP contribution in [0.15, 0.2) is 29.9 Å². The molecule has 90 valence electrons. The molecule has 0 aliphatic rings. The Bertz CT molecular complexity index is 487. The molecule has 3 nitrogen and oxygen atoms in total. The van der Waals surface area contributed by atoms with Crippen LogP contribution in [0.2, 0.25) is 0 Å². The summed E-state index contributed by atoms with van der Waals surface area (Å²) < 4.78 is 18.4. The van der Waals surface area contributed by atoms with Gasteiger partial charge in [0.1, 0.15) is 0 Å². The molecule has 0 aliphatic carbocycles. The van der Waals surface area contributed by atoms with E-state index in [1.165, 1.54) is 13.2 Å². The van der Waals surface area contributed by atoms with Crippen LogP contribution in [0.5, 0.6) is 5.75 Å². The smallest absolute Gasteiger partial charge is 0.165 e. The predicted octanol–water partition coefficient (Wildman–Crippen LogP) is 2.53. The van der Waals surface area contributed by atoms with Gasteiger partial charge in [-0.15, -0.1) is 11.3 Å². The number of ether oxygens (including phenoxy) is 1. The van der Waals surface area contributed by atoms with Crippen molar-refractivity contribution < 1.29 is 9.13 Å². The number of methoxy groups -OCH3 is 1. The van der Waals surface area contributed by atoms with Gasteiger partial charge in [0.2, 0.25) is 0 Å². The number of thiazole rings is 1. The molecule has 1 unspecified atom stereocenters. The molecule has 0 aliphatic heterocycles. The first-order chi connectivity index (χ1) is 8.20. The number of nitrogens with zero attached hydrogens (tertiary/aromatic N) is 1. The molecule has 1 atom stereocenters. The zero-order valence-electron chi connectivity index (χ0n) is 9.39. The lowest BCUT2D eigenvalue weighted by Gasteiger charge is -2.11. The van der Waals surface area contributed by atoms with Crippen LogP contribution in [-0.4, -0.2) is 12.1 Å². The molecule has 0 spiro atoms. The molecule has 2 N–H and O–H groups in total. The van der Waals surface area contributed by atoms with Crippen molar-refractivity contribution in [2.24, 2.45) is 5.73 Å². The van der Waals surface area contributed by atoms with E-state index in [2.05, 4.69) is 4.98 Å². The number of hydrogen-bond donors (Lipinski definition) is 1. The summed E-state index contributed by atoms with van der Waals surface area (Å²) in [6.45, 7) is 0. The Hall–Kier alpha value is -1.46. The summed E-state index contributed by atoms with van der Waals surface area (Å²) in [5, 5.41) is 0. The summed E-state index contributed by atoms with van der Waals surface area (Å²) in [6, 6.07) is 4.57. The maximum Gasteiger partial charge on any atom is 0.165 e. The van der Waals surface area contributed by atoms with Crippen molar-refractivity contribution in [2.45, 2.75) is 12.5 Å². The van der Waals surface area contributed by atoms with E-state index < -0.39 is 0 Å². The molecule has 0 radical (unpaired) electrons. The van der Waals surface area contributed by atoms with Gasteiger partial charge in [0.05, 0.1) is 12.6 Å². The molecule has 0 fully saturated rings. The molecular formula is C12H13FN2OS. The number of hydrogen-bond acceptors (Lipinski definition) is 4. The third-order valence-electron chi connectivity index (χ3n) is 2.51. The highest BCUT2D eigenvalue weighted by atomic mass is 32.1. The number of nitrogens with two attached hydrogens (primary N) is 1. The van der Waals surface area contributed by atoms with Gasteiger partial charge in [0, 0.05) is 23.5 Å². The zero-order valence-corrected chi connectivity index (χ0v) is 10.2. The fraction of sp³-hybridized carbons (Fsp3) is 0.250. The van der Waals surface area contributed by atoms with Crippen LogP contribution in [0.25, 0.3) is 0 Å². The summed E-state index contributed by atoms with van der Waals surface area (Å²) in [6.07, 6.45) is 2.45. The van der Waals surface area contributed by atoms with Crippen molar-refractivity contribution in [2.75, 3.05) is 7.11 Å². The van der Waals surface area contributed by atoms with Gasteiger partial charge in [0.25, 0.3) is 0 Å². The van der Waals surface area contributed by atoms with Crippen LogP contribution in [0.1, 0.15) is 16.5 Å². The second kappa shape index (κ2) is 5.25. The molecule has 1 heterocycles. The normalized spacial score (nSPS) is 12.4. The quantitative estimate of drug-likeness (QED) is 0.909. The third-order valence-corrected chi connectivity index (χ3v) is 3.31. The van der Waals surface area contributed by atoms with Crippen molar-refractivity contribution >= 4 is 11.3 Å². The number of halogens is 1. The van der Waals surface area contributed by atoms with Crippen LogP contribution in [0.4, 0.5) is 4.39 Å². The van der Waals surface area contributed by atoms with Crippen LogP contribution in [0, 0.1) is 5.82 Å². The van der Waals surface area contributed by atoms with E-state index in [4.69, 9.17) is 10.5 Å². The zero-order chi connectivity index (χ0) is 12.3. The van der Waals surface area contributed by atoms with Gasteiger partial charge in [-0.2, -0.15) is 0 Å². The van der Waals surface area contributed by atoms with E-state index in [0.29, 0.717) is 6.42 Å². The molecule has 0 saturated carbocycles. The van der Waals surface area contributed by atoms with Gasteiger partial charge in [-0.25, -0.2) is 4.39 Å². The van der Waals surface area contributed by atoms with Gasteiger partial charge in [-0.1, -0.05) is 6.07 Å². The Balaban J connectivity index is 2.14. The largest absolute Gasteiger partial charge is 0.494 e.